The van der Waals surface area contributed by atoms with Crippen molar-refractivity contribution in [3.05, 3.63) is 28.5 Å². The highest BCUT2D eigenvalue weighted by molar-refractivity contribution is 9.10. The number of aromatic nitrogens is 1. The topological polar surface area (TPSA) is 36.7 Å². The van der Waals surface area contributed by atoms with E-state index < -0.39 is 0 Å². The average molecular weight is 197 g/mol. The van der Waals surface area contributed by atoms with E-state index in [1.807, 2.05) is 6.07 Å². The molecule has 0 amide bonds. The minimum absolute atomic E-state index is 0.434. The van der Waals surface area contributed by atoms with Crippen LogP contribution in [-0.2, 0) is 6.42 Å². The van der Waals surface area contributed by atoms with E-state index in [2.05, 4.69) is 27.0 Å². The maximum absolute atomic E-state index is 8.35. The van der Waals surface area contributed by atoms with Gasteiger partial charge in [0.2, 0.25) is 0 Å². The van der Waals surface area contributed by atoms with Gasteiger partial charge in [0.1, 0.15) is 0 Å². The highest BCUT2D eigenvalue weighted by atomic mass is 79.9. The lowest BCUT2D eigenvalue weighted by molar-refractivity contribution is 1.19. The van der Waals surface area contributed by atoms with Gasteiger partial charge in [-0.15, -0.1) is 0 Å². The Labute approximate surface area is 67.6 Å². The molecule has 1 aromatic rings. The van der Waals surface area contributed by atoms with Crippen LogP contribution in [0.5, 0.6) is 0 Å². The number of halogens is 1. The molecule has 50 valence electrons. The molecule has 0 bridgehead atoms. The molecule has 0 fully saturated rings. The fourth-order valence-corrected chi connectivity index (χ4v) is 1.02. The fraction of sp³-hybridized carbons (Fsp3) is 0.143. The van der Waals surface area contributed by atoms with Crippen molar-refractivity contribution in [2.45, 2.75) is 6.42 Å². The van der Waals surface area contributed by atoms with Gasteiger partial charge in [0.05, 0.1) is 12.5 Å². The monoisotopic (exact) mass is 196 g/mol. The van der Waals surface area contributed by atoms with Gasteiger partial charge in [-0.3, -0.25) is 4.98 Å². The van der Waals surface area contributed by atoms with Crippen LogP contribution in [0.4, 0.5) is 0 Å². The Kier molecular flexibility index (Phi) is 2.41. The lowest BCUT2D eigenvalue weighted by atomic mass is 10.2. The third-order valence-corrected chi connectivity index (χ3v) is 1.84. The molecule has 0 aliphatic heterocycles. The molecule has 0 saturated carbocycles. The van der Waals surface area contributed by atoms with Gasteiger partial charge in [0, 0.05) is 16.9 Å². The van der Waals surface area contributed by atoms with Gasteiger partial charge in [0.15, 0.2) is 0 Å². The highest BCUT2D eigenvalue weighted by Crippen LogP contribution is 2.13. The first-order valence-electron chi connectivity index (χ1n) is 2.80. The second-order valence-corrected chi connectivity index (χ2v) is 2.66. The highest BCUT2D eigenvalue weighted by Gasteiger charge is 1.95. The third kappa shape index (κ3) is 1.55. The van der Waals surface area contributed by atoms with Crippen molar-refractivity contribution < 1.29 is 0 Å². The molecule has 3 heteroatoms. The van der Waals surface area contributed by atoms with Gasteiger partial charge in [-0.1, -0.05) is 0 Å². The van der Waals surface area contributed by atoms with Gasteiger partial charge in [-0.2, -0.15) is 5.26 Å². The Balaban J connectivity index is 2.94. The number of rotatable bonds is 1. The van der Waals surface area contributed by atoms with Crippen LogP contribution in [0.25, 0.3) is 0 Å². The van der Waals surface area contributed by atoms with E-state index in [-0.39, 0.29) is 0 Å². The summed E-state index contributed by atoms with van der Waals surface area (Å²) in [5.74, 6) is 0. The third-order valence-electron chi connectivity index (χ3n) is 1.13. The lowest BCUT2D eigenvalue weighted by Crippen LogP contribution is -1.83. The van der Waals surface area contributed by atoms with Crippen molar-refractivity contribution in [3.63, 3.8) is 0 Å². The van der Waals surface area contributed by atoms with Crippen LogP contribution in [0, 0.1) is 11.3 Å². The van der Waals surface area contributed by atoms with E-state index in [0.29, 0.717) is 6.42 Å². The van der Waals surface area contributed by atoms with Gasteiger partial charge in [-0.25, -0.2) is 0 Å². The second kappa shape index (κ2) is 3.33. The summed E-state index contributed by atoms with van der Waals surface area (Å²) in [6, 6.07) is 3.89. The van der Waals surface area contributed by atoms with Crippen LogP contribution in [0.3, 0.4) is 0 Å². The molecule has 0 N–H and O–H groups in total. The van der Waals surface area contributed by atoms with Gasteiger partial charge >= 0.3 is 0 Å². The summed E-state index contributed by atoms with van der Waals surface area (Å²) in [4.78, 5) is 3.87. The van der Waals surface area contributed by atoms with Crippen LogP contribution in [0.2, 0.25) is 0 Å². The lowest BCUT2D eigenvalue weighted by Gasteiger charge is -1.94. The fourth-order valence-electron chi connectivity index (χ4n) is 0.633. The number of hydrogen-bond acceptors (Lipinski definition) is 2. The number of nitrogens with zero attached hydrogens (tertiary/aromatic N) is 2. The van der Waals surface area contributed by atoms with Gasteiger partial charge < -0.3 is 0 Å². The van der Waals surface area contributed by atoms with Crippen molar-refractivity contribution in [1.82, 2.24) is 4.98 Å². The summed E-state index contributed by atoms with van der Waals surface area (Å²) in [6.45, 7) is 0. The molecule has 1 heterocycles. The first kappa shape index (κ1) is 7.23. The van der Waals surface area contributed by atoms with Crippen LogP contribution >= 0.6 is 15.9 Å². The molecular formula is C7H5BrN2. The Morgan fingerprint density at radius 3 is 3.10 bits per heavy atom. The van der Waals surface area contributed by atoms with Crippen molar-refractivity contribution in [1.29, 1.82) is 5.26 Å². The first-order valence-corrected chi connectivity index (χ1v) is 3.59. The number of pyridine rings is 1. The van der Waals surface area contributed by atoms with E-state index in [1.54, 1.807) is 12.4 Å². The molecule has 0 radical (unpaired) electrons. The van der Waals surface area contributed by atoms with Crippen molar-refractivity contribution in [3.8, 4) is 6.07 Å². The predicted molar refractivity (Wildman–Crippen MR) is 41.3 cm³/mol. The summed E-state index contributed by atoms with van der Waals surface area (Å²) in [6.07, 6.45) is 3.80. The van der Waals surface area contributed by atoms with E-state index in [9.17, 15) is 0 Å². The summed E-state index contributed by atoms with van der Waals surface area (Å²) in [5.41, 5.74) is 0.984. The zero-order valence-electron chi connectivity index (χ0n) is 5.21. The van der Waals surface area contributed by atoms with Crippen LogP contribution in [-0.4, -0.2) is 4.98 Å². The number of nitriles is 1. The SMILES string of the molecule is N#CCc1ccncc1Br. The Morgan fingerprint density at radius 1 is 1.70 bits per heavy atom. The Morgan fingerprint density at radius 2 is 2.50 bits per heavy atom. The van der Waals surface area contributed by atoms with Crippen molar-refractivity contribution in [2.75, 3.05) is 0 Å². The molecule has 1 rings (SSSR count). The zero-order valence-corrected chi connectivity index (χ0v) is 6.80. The van der Waals surface area contributed by atoms with Gasteiger partial charge in [-0.05, 0) is 27.6 Å². The summed E-state index contributed by atoms with van der Waals surface area (Å²) in [5, 5.41) is 8.35. The van der Waals surface area contributed by atoms with Gasteiger partial charge in [0.25, 0.3) is 0 Å². The average Bonchev–Trinajstić information content (AvgIpc) is 1.94. The molecular weight excluding hydrogens is 192 g/mol. The molecule has 0 unspecified atom stereocenters. The zero-order chi connectivity index (χ0) is 7.40. The molecule has 0 aliphatic carbocycles. The predicted octanol–water partition coefficient (Wildman–Crippen LogP) is 1.91. The normalized spacial score (nSPS) is 8.80. The molecule has 2 nitrogen and oxygen atoms in total. The smallest absolute Gasteiger partial charge is 0.0670 e. The maximum atomic E-state index is 8.35. The quantitative estimate of drug-likeness (QED) is 0.689. The van der Waals surface area contributed by atoms with Crippen molar-refractivity contribution >= 4 is 15.9 Å². The van der Waals surface area contributed by atoms with Crippen LogP contribution in [0.1, 0.15) is 5.56 Å². The minimum atomic E-state index is 0.434. The molecule has 0 aromatic carbocycles. The van der Waals surface area contributed by atoms with Crippen molar-refractivity contribution in [2.24, 2.45) is 0 Å². The molecule has 0 saturated heterocycles. The largest absolute Gasteiger partial charge is 0.264 e. The summed E-state index contributed by atoms with van der Waals surface area (Å²) in [7, 11) is 0. The Hall–Kier alpha value is -0.880. The van der Waals surface area contributed by atoms with E-state index in [1.165, 1.54) is 0 Å². The van der Waals surface area contributed by atoms with Crippen LogP contribution < -0.4 is 0 Å². The standard InChI is InChI=1S/C7H5BrN2/c8-7-5-10-4-2-6(7)1-3-9/h2,4-5H,1H2. The molecule has 0 atom stereocenters. The maximum Gasteiger partial charge on any atom is 0.0670 e. The molecule has 0 aliphatic rings. The molecule has 10 heavy (non-hydrogen) atoms. The van der Waals surface area contributed by atoms with Crippen LogP contribution in [0.15, 0.2) is 22.9 Å². The summed E-state index contributed by atoms with van der Waals surface area (Å²) >= 11 is 3.28. The van der Waals surface area contributed by atoms with E-state index in [0.717, 1.165) is 10.0 Å². The van der Waals surface area contributed by atoms with E-state index in [4.69, 9.17) is 5.26 Å². The number of hydrogen-bond donors (Lipinski definition) is 0. The minimum Gasteiger partial charge on any atom is -0.264 e. The molecule has 1 aromatic heterocycles. The summed E-state index contributed by atoms with van der Waals surface area (Å²) < 4.78 is 0.900. The molecule has 0 spiro atoms. The van der Waals surface area contributed by atoms with E-state index >= 15 is 0 Å². The first-order chi connectivity index (χ1) is 4.84. The Bertz CT molecular complexity index is 265. The second-order valence-electron chi connectivity index (χ2n) is 1.80.